The smallest absolute Gasteiger partial charge is 0.325 e. The van der Waals surface area contributed by atoms with E-state index in [9.17, 15) is 13.2 Å². The standard InChI is InChI=1S/C5H8F3N.ClH/c1-4(9)2-3(4)5(6,7)8;/h3H,2,9H2,1H3;1H. The second-order valence-electron chi connectivity index (χ2n) is 2.80. The largest absolute Gasteiger partial charge is 0.393 e. The molecule has 0 radical (unpaired) electrons. The van der Waals surface area contributed by atoms with Crippen molar-refractivity contribution in [2.24, 2.45) is 11.7 Å². The Labute approximate surface area is 63.2 Å². The van der Waals surface area contributed by atoms with Crippen molar-refractivity contribution in [2.75, 3.05) is 0 Å². The second kappa shape index (κ2) is 2.27. The maximum atomic E-state index is 11.7. The van der Waals surface area contributed by atoms with Gasteiger partial charge in [-0.15, -0.1) is 12.4 Å². The van der Waals surface area contributed by atoms with Gasteiger partial charge in [0.15, 0.2) is 0 Å². The number of hydrogen-bond donors (Lipinski definition) is 1. The molecule has 0 aromatic heterocycles. The summed E-state index contributed by atoms with van der Waals surface area (Å²) in [6.45, 7) is 1.42. The fourth-order valence-electron chi connectivity index (χ4n) is 0.871. The maximum absolute atomic E-state index is 11.7. The van der Waals surface area contributed by atoms with E-state index in [0.29, 0.717) is 0 Å². The maximum Gasteiger partial charge on any atom is 0.393 e. The molecule has 10 heavy (non-hydrogen) atoms. The van der Waals surface area contributed by atoms with Crippen LogP contribution in [0.1, 0.15) is 13.3 Å². The van der Waals surface area contributed by atoms with Crippen LogP contribution in [0.5, 0.6) is 0 Å². The van der Waals surface area contributed by atoms with Gasteiger partial charge in [0.1, 0.15) is 0 Å². The van der Waals surface area contributed by atoms with E-state index in [1.165, 1.54) is 6.92 Å². The topological polar surface area (TPSA) is 26.0 Å². The molecule has 2 unspecified atom stereocenters. The third-order valence-corrected chi connectivity index (χ3v) is 1.67. The zero-order valence-electron chi connectivity index (χ0n) is 5.40. The Morgan fingerprint density at radius 2 is 1.80 bits per heavy atom. The van der Waals surface area contributed by atoms with Crippen molar-refractivity contribution in [3.05, 3.63) is 0 Å². The molecule has 0 saturated heterocycles. The third kappa shape index (κ3) is 1.76. The SMILES string of the molecule is CC1(N)CC1C(F)(F)F.Cl. The van der Waals surface area contributed by atoms with E-state index in [2.05, 4.69) is 0 Å². The van der Waals surface area contributed by atoms with Crippen LogP contribution in [0.15, 0.2) is 0 Å². The highest BCUT2D eigenvalue weighted by molar-refractivity contribution is 5.85. The molecule has 1 saturated carbocycles. The van der Waals surface area contributed by atoms with Crippen LogP contribution in [-0.2, 0) is 0 Å². The van der Waals surface area contributed by atoms with Crippen LogP contribution >= 0.6 is 12.4 Å². The van der Waals surface area contributed by atoms with Crippen LogP contribution in [0.25, 0.3) is 0 Å². The molecule has 0 spiro atoms. The van der Waals surface area contributed by atoms with E-state index >= 15 is 0 Å². The van der Waals surface area contributed by atoms with E-state index in [-0.39, 0.29) is 18.8 Å². The summed E-state index contributed by atoms with van der Waals surface area (Å²) in [5.74, 6) is -1.26. The Bertz CT molecular complexity index is 131. The lowest BCUT2D eigenvalue weighted by Crippen LogP contribution is -2.27. The van der Waals surface area contributed by atoms with Crippen LogP contribution < -0.4 is 5.73 Å². The van der Waals surface area contributed by atoms with Gasteiger partial charge in [-0.3, -0.25) is 0 Å². The monoisotopic (exact) mass is 175 g/mol. The Hall–Kier alpha value is 0.0400. The van der Waals surface area contributed by atoms with Crippen LogP contribution in [0.2, 0.25) is 0 Å². The Morgan fingerprint density at radius 1 is 1.50 bits per heavy atom. The van der Waals surface area contributed by atoms with E-state index in [0.717, 1.165) is 0 Å². The molecule has 0 amide bonds. The molecular weight excluding hydrogens is 167 g/mol. The molecule has 1 aliphatic carbocycles. The molecule has 1 fully saturated rings. The first-order valence-electron chi connectivity index (χ1n) is 2.69. The van der Waals surface area contributed by atoms with E-state index in [1.807, 2.05) is 0 Å². The van der Waals surface area contributed by atoms with Gasteiger partial charge in [-0.2, -0.15) is 13.2 Å². The Morgan fingerprint density at radius 3 is 1.80 bits per heavy atom. The molecule has 5 heteroatoms. The number of rotatable bonds is 0. The number of halogens is 4. The number of alkyl halides is 3. The van der Waals surface area contributed by atoms with Gasteiger partial charge in [0.25, 0.3) is 0 Å². The minimum absolute atomic E-state index is 0. The highest BCUT2D eigenvalue weighted by Crippen LogP contribution is 2.51. The van der Waals surface area contributed by atoms with Crippen LogP contribution in [0.3, 0.4) is 0 Å². The molecule has 2 atom stereocenters. The molecule has 1 aliphatic rings. The van der Waals surface area contributed by atoms with Gasteiger partial charge in [-0.1, -0.05) is 0 Å². The van der Waals surface area contributed by atoms with Crippen molar-refractivity contribution in [3.63, 3.8) is 0 Å². The fourth-order valence-corrected chi connectivity index (χ4v) is 0.871. The van der Waals surface area contributed by atoms with Crippen molar-refractivity contribution >= 4 is 12.4 Å². The minimum atomic E-state index is -4.08. The predicted octanol–water partition coefficient (Wildman–Crippen LogP) is 1.71. The van der Waals surface area contributed by atoms with Crippen molar-refractivity contribution in [1.29, 1.82) is 0 Å². The normalized spacial score (nSPS) is 38.7. The highest BCUT2D eigenvalue weighted by atomic mass is 35.5. The molecule has 0 aliphatic heterocycles. The molecule has 1 nitrogen and oxygen atoms in total. The molecular formula is C5H9ClF3N. The quantitative estimate of drug-likeness (QED) is 0.596. The van der Waals surface area contributed by atoms with Gasteiger partial charge >= 0.3 is 6.18 Å². The van der Waals surface area contributed by atoms with Crippen molar-refractivity contribution in [3.8, 4) is 0 Å². The second-order valence-corrected chi connectivity index (χ2v) is 2.80. The van der Waals surface area contributed by atoms with Gasteiger partial charge in [-0.25, -0.2) is 0 Å². The van der Waals surface area contributed by atoms with Crippen molar-refractivity contribution in [1.82, 2.24) is 0 Å². The first-order chi connectivity index (χ1) is 3.84. The lowest BCUT2D eigenvalue weighted by molar-refractivity contribution is -0.151. The van der Waals surface area contributed by atoms with Crippen LogP contribution in [0.4, 0.5) is 13.2 Å². The first-order valence-corrected chi connectivity index (χ1v) is 2.69. The van der Waals surface area contributed by atoms with E-state index in [1.54, 1.807) is 0 Å². The van der Waals surface area contributed by atoms with E-state index in [4.69, 9.17) is 5.73 Å². The zero-order valence-corrected chi connectivity index (χ0v) is 6.22. The van der Waals surface area contributed by atoms with Gasteiger partial charge in [0, 0.05) is 5.54 Å². The average molecular weight is 176 g/mol. The molecule has 2 N–H and O–H groups in total. The van der Waals surface area contributed by atoms with Crippen LogP contribution in [-0.4, -0.2) is 11.7 Å². The summed E-state index contributed by atoms with van der Waals surface area (Å²) in [6, 6.07) is 0. The minimum Gasteiger partial charge on any atom is -0.325 e. The summed E-state index contributed by atoms with van der Waals surface area (Å²) in [7, 11) is 0. The number of hydrogen-bond acceptors (Lipinski definition) is 1. The van der Waals surface area contributed by atoms with Gasteiger partial charge < -0.3 is 5.73 Å². The van der Waals surface area contributed by atoms with Crippen LogP contribution in [0, 0.1) is 5.92 Å². The predicted molar refractivity (Wildman–Crippen MR) is 34.0 cm³/mol. The molecule has 0 heterocycles. The summed E-state index contributed by atoms with van der Waals surface area (Å²) in [5.41, 5.74) is 4.20. The fraction of sp³-hybridized carbons (Fsp3) is 1.00. The van der Waals surface area contributed by atoms with Gasteiger partial charge in [0.05, 0.1) is 5.92 Å². The Balaban J connectivity index is 0.000000810. The molecule has 0 aromatic carbocycles. The summed E-state index contributed by atoms with van der Waals surface area (Å²) in [4.78, 5) is 0. The zero-order chi connectivity index (χ0) is 7.28. The summed E-state index contributed by atoms with van der Waals surface area (Å²) in [5, 5.41) is 0. The third-order valence-electron chi connectivity index (χ3n) is 1.67. The molecule has 62 valence electrons. The molecule has 0 bridgehead atoms. The number of nitrogens with two attached hydrogens (primary N) is 1. The van der Waals surface area contributed by atoms with Crippen molar-refractivity contribution in [2.45, 2.75) is 25.1 Å². The van der Waals surface area contributed by atoms with Gasteiger partial charge in [0.2, 0.25) is 0 Å². The van der Waals surface area contributed by atoms with Gasteiger partial charge in [-0.05, 0) is 13.3 Å². The summed E-state index contributed by atoms with van der Waals surface area (Å²) < 4.78 is 35.0. The highest BCUT2D eigenvalue weighted by Gasteiger charge is 2.61. The average Bonchev–Trinajstić information content (AvgIpc) is 2.10. The Kier molecular flexibility index (Phi) is 2.28. The van der Waals surface area contributed by atoms with Crippen molar-refractivity contribution < 1.29 is 13.2 Å². The lowest BCUT2D eigenvalue weighted by atomic mass is 10.2. The molecule has 0 aromatic rings. The summed E-state index contributed by atoms with van der Waals surface area (Å²) in [6.07, 6.45) is -4.00. The van der Waals surface area contributed by atoms with E-state index < -0.39 is 17.6 Å². The molecule has 1 rings (SSSR count). The summed E-state index contributed by atoms with van der Waals surface area (Å²) >= 11 is 0. The lowest BCUT2D eigenvalue weighted by Gasteiger charge is -2.06. The first kappa shape index (κ1) is 10.0.